The Kier molecular flexibility index (Phi) is 5.52. The number of benzene rings is 2. The number of rotatable bonds is 7. The fraction of sp³-hybridized carbons (Fsp3) is 0.200. The number of ether oxygens (including phenoxy) is 2. The van der Waals surface area contributed by atoms with Gasteiger partial charge in [0, 0.05) is 7.11 Å². The first kappa shape index (κ1) is 18.6. The molecule has 0 atom stereocenters. The first-order valence-electron chi connectivity index (χ1n) is 8.32. The van der Waals surface area contributed by atoms with Crippen LogP contribution in [0.25, 0.3) is 5.57 Å². The summed E-state index contributed by atoms with van der Waals surface area (Å²) in [6, 6.07) is 12.5. The molecule has 2 aromatic rings. The highest BCUT2D eigenvalue weighted by atomic mass is 19.1. The molecule has 7 heteroatoms. The van der Waals surface area contributed by atoms with E-state index in [1.54, 1.807) is 24.3 Å². The van der Waals surface area contributed by atoms with Crippen molar-refractivity contribution in [3.63, 3.8) is 0 Å². The molecular weight excluding hydrogens is 351 g/mol. The predicted molar refractivity (Wildman–Crippen MR) is 98.5 cm³/mol. The lowest BCUT2D eigenvalue weighted by Crippen LogP contribution is -2.35. The SMILES string of the molecule is COCCN1C(=O)C(Nc2ccccc2OC)=C(c2ccc(F)cc2)C1=O. The molecule has 140 valence electrons. The second kappa shape index (κ2) is 8.01. The molecule has 0 bridgehead atoms. The molecule has 1 aliphatic heterocycles. The lowest BCUT2D eigenvalue weighted by atomic mass is 10.0. The number of carbonyl (C=O) groups is 2. The van der Waals surface area contributed by atoms with Crippen molar-refractivity contribution in [2.45, 2.75) is 0 Å². The average molecular weight is 370 g/mol. The Balaban J connectivity index is 2.06. The molecule has 0 radical (unpaired) electrons. The molecule has 0 fully saturated rings. The standard InChI is InChI=1S/C20H19FN2O4/c1-26-12-11-23-19(24)17(13-7-9-14(21)10-8-13)18(20(23)25)22-15-5-3-4-6-16(15)27-2/h3-10,22H,11-12H2,1-2H3. The number of hydrogen-bond acceptors (Lipinski definition) is 5. The number of methoxy groups -OCH3 is 2. The molecule has 0 unspecified atom stereocenters. The van der Waals surface area contributed by atoms with Gasteiger partial charge >= 0.3 is 0 Å². The normalized spacial score (nSPS) is 14.1. The Morgan fingerprint density at radius 1 is 1.00 bits per heavy atom. The van der Waals surface area contributed by atoms with Gasteiger partial charge in [-0.25, -0.2) is 4.39 Å². The van der Waals surface area contributed by atoms with Crippen molar-refractivity contribution < 1.29 is 23.5 Å². The summed E-state index contributed by atoms with van der Waals surface area (Å²) in [7, 11) is 3.01. The Bertz CT molecular complexity index is 893. The lowest BCUT2D eigenvalue weighted by Gasteiger charge is -2.15. The molecule has 0 saturated carbocycles. The highest BCUT2D eigenvalue weighted by Gasteiger charge is 2.39. The Labute approximate surface area is 156 Å². The van der Waals surface area contributed by atoms with Gasteiger partial charge in [0.1, 0.15) is 17.3 Å². The lowest BCUT2D eigenvalue weighted by molar-refractivity contribution is -0.137. The first-order chi connectivity index (χ1) is 13.1. The highest BCUT2D eigenvalue weighted by molar-refractivity contribution is 6.36. The fourth-order valence-corrected chi connectivity index (χ4v) is 2.84. The molecule has 3 rings (SSSR count). The van der Waals surface area contributed by atoms with Gasteiger partial charge in [-0.2, -0.15) is 0 Å². The van der Waals surface area contributed by atoms with Crippen LogP contribution in [-0.4, -0.2) is 44.1 Å². The minimum absolute atomic E-state index is 0.118. The maximum Gasteiger partial charge on any atom is 0.278 e. The molecule has 6 nitrogen and oxygen atoms in total. The second-order valence-corrected chi connectivity index (χ2v) is 5.84. The van der Waals surface area contributed by atoms with E-state index in [0.29, 0.717) is 17.0 Å². The van der Waals surface area contributed by atoms with Crippen molar-refractivity contribution in [3.8, 4) is 5.75 Å². The summed E-state index contributed by atoms with van der Waals surface area (Å²) in [5, 5.41) is 3.02. The van der Waals surface area contributed by atoms with Crippen LogP contribution in [-0.2, 0) is 14.3 Å². The fourth-order valence-electron chi connectivity index (χ4n) is 2.84. The number of para-hydroxylation sites is 2. The summed E-state index contributed by atoms with van der Waals surface area (Å²) in [5.41, 5.74) is 1.30. The zero-order valence-corrected chi connectivity index (χ0v) is 15.0. The minimum atomic E-state index is -0.470. The number of anilines is 1. The molecule has 1 N–H and O–H groups in total. The third-order valence-corrected chi connectivity index (χ3v) is 4.19. The number of amides is 2. The van der Waals surface area contributed by atoms with Crippen molar-refractivity contribution in [3.05, 3.63) is 65.6 Å². The van der Waals surface area contributed by atoms with Crippen LogP contribution in [0.15, 0.2) is 54.2 Å². The Hall–Kier alpha value is -3.19. The maximum atomic E-state index is 13.3. The molecule has 2 aromatic carbocycles. The van der Waals surface area contributed by atoms with E-state index in [9.17, 15) is 14.0 Å². The molecular formula is C20H19FN2O4. The van der Waals surface area contributed by atoms with Crippen LogP contribution in [0.5, 0.6) is 5.75 Å². The van der Waals surface area contributed by atoms with E-state index in [1.165, 1.54) is 38.5 Å². The minimum Gasteiger partial charge on any atom is -0.495 e. The number of imide groups is 1. The third-order valence-electron chi connectivity index (χ3n) is 4.19. The zero-order valence-electron chi connectivity index (χ0n) is 15.0. The van der Waals surface area contributed by atoms with Gasteiger partial charge in [0.25, 0.3) is 11.8 Å². The summed E-state index contributed by atoms with van der Waals surface area (Å²) in [6.07, 6.45) is 0. The highest BCUT2D eigenvalue weighted by Crippen LogP contribution is 2.33. The van der Waals surface area contributed by atoms with Crippen molar-refractivity contribution in [2.75, 3.05) is 32.7 Å². The zero-order chi connectivity index (χ0) is 19.4. The molecule has 0 aromatic heterocycles. The van der Waals surface area contributed by atoms with Crippen molar-refractivity contribution in [2.24, 2.45) is 0 Å². The Morgan fingerprint density at radius 3 is 2.37 bits per heavy atom. The van der Waals surface area contributed by atoms with Crippen LogP contribution in [0.3, 0.4) is 0 Å². The van der Waals surface area contributed by atoms with Gasteiger partial charge in [-0.15, -0.1) is 0 Å². The van der Waals surface area contributed by atoms with E-state index in [2.05, 4.69) is 5.32 Å². The van der Waals surface area contributed by atoms with Gasteiger partial charge in [-0.3, -0.25) is 14.5 Å². The molecule has 1 aliphatic rings. The van der Waals surface area contributed by atoms with Crippen LogP contribution < -0.4 is 10.1 Å². The number of halogens is 1. The topological polar surface area (TPSA) is 67.9 Å². The summed E-state index contributed by atoms with van der Waals surface area (Å²) >= 11 is 0. The van der Waals surface area contributed by atoms with Gasteiger partial charge in [0.05, 0.1) is 31.5 Å². The van der Waals surface area contributed by atoms with Crippen LogP contribution in [0.4, 0.5) is 10.1 Å². The van der Waals surface area contributed by atoms with Gasteiger partial charge in [0.15, 0.2) is 0 Å². The average Bonchev–Trinajstić information content (AvgIpc) is 2.91. The summed E-state index contributed by atoms with van der Waals surface area (Å²) in [4.78, 5) is 26.9. The van der Waals surface area contributed by atoms with Gasteiger partial charge < -0.3 is 14.8 Å². The van der Waals surface area contributed by atoms with Crippen LogP contribution in [0.1, 0.15) is 5.56 Å². The van der Waals surface area contributed by atoms with Gasteiger partial charge in [0.2, 0.25) is 0 Å². The maximum absolute atomic E-state index is 13.3. The number of nitrogens with zero attached hydrogens (tertiary/aromatic N) is 1. The van der Waals surface area contributed by atoms with E-state index < -0.39 is 17.6 Å². The van der Waals surface area contributed by atoms with E-state index >= 15 is 0 Å². The van der Waals surface area contributed by atoms with Crippen molar-refractivity contribution in [1.29, 1.82) is 0 Å². The summed E-state index contributed by atoms with van der Waals surface area (Å²) in [6.45, 7) is 0.339. The largest absolute Gasteiger partial charge is 0.495 e. The number of carbonyl (C=O) groups excluding carboxylic acids is 2. The number of nitrogens with one attached hydrogen (secondary N) is 1. The van der Waals surface area contributed by atoms with Crippen molar-refractivity contribution >= 4 is 23.1 Å². The molecule has 0 aliphatic carbocycles. The van der Waals surface area contributed by atoms with Crippen molar-refractivity contribution in [1.82, 2.24) is 4.90 Å². The quantitative estimate of drug-likeness (QED) is 0.759. The summed E-state index contributed by atoms with van der Waals surface area (Å²) in [5.74, 6) is -0.825. The smallest absolute Gasteiger partial charge is 0.278 e. The predicted octanol–water partition coefficient (Wildman–Crippen LogP) is 2.67. The van der Waals surface area contributed by atoms with E-state index in [-0.39, 0.29) is 24.4 Å². The van der Waals surface area contributed by atoms with E-state index in [4.69, 9.17) is 9.47 Å². The second-order valence-electron chi connectivity index (χ2n) is 5.84. The Morgan fingerprint density at radius 2 is 1.70 bits per heavy atom. The van der Waals surface area contributed by atoms with Crippen LogP contribution in [0.2, 0.25) is 0 Å². The monoisotopic (exact) mass is 370 g/mol. The van der Waals surface area contributed by atoms with Gasteiger partial charge in [-0.1, -0.05) is 24.3 Å². The van der Waals surface area contributed by atoms with Crippen LogP contribution >= 0.6 is 0 Å². The first-order valence-corrected chi connectivity index (χ1v) is 8.32. The summed E-state index contributed by atoms with van der Waals surface area (Å²) < 4.78 is 23.6. The molecule has 2 amide bonds. The molecule has 1 heterocycles. The van der Waals surface area contributed by atoms with E-state index in [1.807, 2.05) is 0 Å². The van der Waals surface area contributed by atoms with Gasteiger partial charge in [-0.05, 0) is 29.8 Å². The number of hydrogen-bond donors (Lipinski definition) is 1. The molecule has 0 spiro atoms. The molecule has 27 heavy (non-hydrogen) atoms. The molecule has 0 saturated heterocycles. The third kappa shape index (κ3) is 3.68. The van der Waals surface area contributed by atoms with Crippen LogP contribution in [0, 0.1) is 5.82 Å². The van der Waals surface area contributed by atoms with E-state index in [0.717, 1.165) is 4.90 Å².